The molecule has 0 amide bonds. The summed E-state index contributed by atoms with van der Waals surface area (Å²) in [6.45, 7) is 7.41. The fraction of sp³-hybridized carbons (Fsp3) is 0.438. The lowest BCUT2D eigenvalue weighted by Crippen LogP contribution is -2.24. The average molecular weight is 257 g/mol. The molecule has 0 aliphatic carbocycles. The monoisotopic (exact) mass is 257 g/mol. The molecule has 0 saturated heterocycles. The Kier molecular flexibility index (Phi) is 4.38. The van der Waals surface area contributed by atoms with Crippen LogP contribution >= 0.6 is 0 Å². The molecule has 3 heteroatoms. The standard InChI is InChI=1S/C16H23N3/c1-5-18-15(16-10-17-11-19(16)4)9-14-7-12(2)6-13(3)8-14/h6-8,10-11,15,18H,5,9H2,1-4H3. The number of hydrogen-bond acceptors (Lipinski definition) is 2. The Labute approximate surface area is 115 Å². The van der Waals surface area contributed by atoms with E-state index >= 15 is 0 Å². The normalized spacial score (nSPS) is 12.6. The van der Waals surface area contributed by atoms with Gasteiger partial charge in [-0.3, -0.25) is 0 Å². The molecule has 0 radical (unpaired) electrons. The lowest BCUT2D eigenvalue weighted by atomic mass is 9.99. The third-order valence-electron chi connectivity index (χ3n) is 3.38. The number of aryl methyl sites for hydroxylation is 3. The van der Waals surface area contributed by atoms with Crippen molar-refractivity contribution in [3.05, 3.63) is 53.1 Å². The highest BCUT2D eigenvalue weighted by Crippen LogP contribution is 2.19. The van der Waals surface area contributed by atoms with E-state index in [1.54, 1.807) is 0 Å². The number of benzene rings is 1. The van der Waals surface area contributed by atoms with Crippen LogP contribution < -0.4 is 5.32 Å². The van der Waals surface area contributed by atoms with Gasteiger partial charge in [0.15, 0.2) is 0 Å². The first-order valence-electron chi connectivity index (χ1n) is 6.87. The highest BCUT2D eigenvalue weighted by molar-refractivity contribution is 5.29. The lowest BCUT2D eigenvalue weighted by molar-refractivity contribution is 0.520. The van der Waals surface area contributed by atoms with Gasteiger partial charge in [-0.15, -0.1) is 0 Å². The molecule has 1 N–H and O–H groups in total. The first kappa shape index (κ1) is 13.8. The van der Waals surface area contributed by atoms with Crippen LogP contribution in [0.15, 0.2) is 30.7 Å². The molecular formula is C16H23N3. The van der Waals surface area contributed by atoms with Crippen LogP contribution in [-0.4, -0.2) is 16.1 Å². The smallest absolute Gasteiger partial charge is 0.0946 e. The summed E-state index contributed by atoms with van der Waals surface area (Å²) in [6, 6.07) is 7.08. The van der Waals surface area contributed by atoms with E-state index in [1.807, 2.05) is 19.6 Å². The van der Waals surface area contributed by atoms with Gasteiger partial charge in [-0.1, -0.05) is 36.2 Å². The van der Waals surface area contributed by atoms with Crippen molar-refractivity contribution in [1.29, 1.82) is 0 Å². The second-order valence-corrected chi connectivity index (χ2v) is 5.24. The summed E-state index contributed by atoms with van der Waals surface area (Å²) in [5.41, 5.74) is 5.27. The Balaban J connectivity index is 2.23. The van der Waals surface area contributed by atoms with E-state index in [9.17, 15) is 0 Å². The van der Waals surface area contributed by atoms with E-state index in [2.05, 4.69) is 53.8 Å². The summed E-state index contributed by atoms with van der Waals surface area (Å²) in [6.07, 6.45) is 4.81. The lowest BCUT2D eigenvalue weighted by Gasteiger charge is -2.19. The zero-order valence-electron chi connectivity index (χ0n) is 12.3. The predicted molar refractivity (Wildman–Crippen MR) is 79.2 cm³/mol. The van der Waals surface area contributed by atoms with Gasteiger partial charge in [-0.2, -0.15) is 0 Å². The first-order chi connectivity index (χ1) is 9.10. The summed E-state index contributed by atoms with van der Waals surface area (Å²) in [5.74, 6) is 0. The van der Waals surface area contributed by atoms with Gasteiger partial charge in [0, 0.05) is 13.2 Å². The van der Waals surface area contributed by atoms with Crippen LogP contribution in [0.5, 0.6) is 0 Å². The third kappa shape index (κ3) is 3.44. The Morgan fingerprint density at radius 1 is 1.21 bits per heavy atom. The molecule has 1 unspecified atom stereocenters. The summed E-state index contributed by atoms with van der Waals surface area (Å²) in [5, 5.41) is 3.55. The van der Waals surface area contributed by atoms with E-state index in [0.717, 1.165) is 13.0 Å². The SMILES string of the molecule is CCNC(Cc1cc(C)cc(C)c1)c1cncn1C. The minimum Gasteiger partial charge on any atom is -0.336 e. The highest BCUT2D eigenvalue weighted by Gasteiger charge is 2.14. The van der Waals surface area contributed by atoms with Crippen LogP contribution in [0.2, 0.25) is 0 Å². The first-order valence-corrected chi connectivity index (χ1v) is 6.87. The quantitative estimate of drug-likeness (QED) is 0.892. The van der Waals surface area contributed by atoms with E-state index in [0.29, 0.717) is 6.04 Å². The number of rotatable bonds is 5. The molecule has 2 aromatic rings. The molecule has 1 aromatic heterocycles. The Bertz CT molecular complexity index is 522. The molecule has 1 atom stereocenters. The summed E-state index contributed by atoms with van der Waals surface area (Å²) >= 11 is 0. The number of nitrogens with zero attached hydrogens (tertiary/aromatic N) is 2. The van der Waals surface area contributed by atoms with Gasteiger partial charge < -0.3 is 9.88 Å². The maximum Gasteiger partial charge on any atom is 0.0946 e. The van der Waals surface area contributed by atoms with Crippen LogP contribution in [0.3, 0.4) is 0 Å². The van der Waals surface area contributed by atoms with Crippen molar-refractivity contribution < 1.29 is 0 Å². The number of likely N-dealkylation sites (N-methyl/N-ethyl adjacent to an activating group) is 1. The van der Waals surface area contributed by atoms with E-state index in [4.69, 9.17) is 0 Å². The number of hydrogen-bond donors (Lipinski definition) is 1. The minimum atomic E-state index is 0.318. The van der Waals surface area contributed by atoms with E-state index in [-0.39, 0.29) is 0 Å². The molecule has 102 valence electrons. The Morgan fingerprint density at radius 3 is 2.42 bits per heavy atom. The van der Waals surface area contributed by atoms with E-state index < -0.39 is 0 Å². The van der Waals surface area contributed by atoms with Crippen molar-refractivity contribution in [1.82, 2.24) is 14.9 Å². The molecule has 1 aromatic carbocycles. The molecule has 3 nitrogen and oxygen atoms in total. The number of imidazole rings is 1. The van der Waals surface area contributed by atoms with Gasteiger partial charge in [0.05, 0.1) is 18.1 Å². The van der Waals surface area contributed by atoms with Crippen LogP contribution in [-0.2, 0) is 13.5 Å². The van der Waals surface area contributed by atoms with E-state index in [1.165, 1.54) is 22.4 Å². The molecule has 1 heterocycles. The highest BCUT2D eigenvalue weighted by atomic mass is 15.1. The topological polar surface area (TPSA) is 29.9 Å². The molecule has 0 spiro atoms. The summed E-state index contributed by atoms with van der Waals surface area (Å²) in [7, 11) is 2.05. The number of nitrogens with one attached hydrogen (secondary N) is 1. The maximum atomic E-state index is 4.22. The molecule has 0 bridgehead atoms. The molecule has 0 saturated carbocycles. The fourth-order valence-electron chi connectivity index (χ4n) is 2.65. The molecule has 0 aliphatic heterocycles. The fourth-order valence-corrected chi connectivity index (χ4v) is 2.65. The third-order valence-corrected chi connectivity index (χ3v) is 3.38. The second-order valence-electron chi connectivity index (χ2n) is 5.24. The van der Waals surface area contributed by atoms with Crippen molar-refractivity contribution in [2.45, 2.75) is 33.2 Å². The summed E-state index contributed by atoms with van der Waals surface area (Å²) in [4.78, 5) is 4.22. The van der Waals surface area contributed by atoms with Gasteiger partial charge >= 0.3 is 0 Å². The minimum absolute atomic E-state index is 0.318. The maximum absolute atomic E-state index is 4.22. The van der Waals surface area contributed by atoms with Crippen molar-refractivity contribution in [3.63, 3.8) is 0 Å². The van der Waals surface area contributed by atoms with Crippen LogP contribution in [0.1, 0.15) is 35.3 Å². The van der Waals surface area contributed by atoms with Crippen LogP contribution in [0.25, 0.3) is 0 Å². The summed E-state index contributed by atoms with van der Waals surface area (Å²) < 4.78 is 2.09. The Morgan fingerprint density at radius 2 is 1.89 bits per heavy atom. The second kappa shape index (κ2) is 6.02. The largest absolute Gasteiger partial charge is 0.336 e. The van der Waals surface area contributed by atoms with Gasteiger partial charge in [0.25, 0.3) is 0 Å². The van der Waals surface area contributed by atoms with Crippen LogP contribution in [0.4, 0.5) is 0 Å². The molecular weight excluding hydrogens is 234 g/mol. The molecule has 0 fully saturated rings. The van der Waals surface area contributed by atoms with Gasteiger partial charge in [0.2, 0.25) is 0 Å². The van der Waals surface area contributed by atoms with Crippen LogP contribution in [0, 0.1) is 13.8 Å². The van der Waals surface area contributed by atoms with Crippen molar-refractivity contribution >= 4 is 0 Å². The van der Waals surface area contributed by atoms with Crippen molar-refractivity contribution in [2.24, 2.45) is 7.05 Å². The molecule has 19 heavy (non-hydrogen) atoms. The van der Waals surface area contributed by atoms with Crippen molar-refractivity contribution in [3.8, 4) is 0 Å². The van der Waals surface area contributed by atoms with Gasteiger partial charge in [0.1, 0.15) is 0 Å². The van der Waals surface area contributed by atoms with Gasteiger partial charge in [-0.25, -0.2) is 4.98 Å². The predicted octanol–water partition coefficient (Wildman–Crippen LogP) is 2.93. The number of aromatic nitrogens is 2. The van der Waals surface area contributed by atoms with Gasteiger partial charge in [-0.05, 0) is 32.4 Å². The zero-order chi connectivity index (χ0) is 13.8. The van der Waals surface area contributed by atoms with Crippen molar-refractivity contribution in [2.75, 3.05) is 6.54 Å². The Hall–Kier alpha value is -1.61. The molecule has 2 rings (SSSR count). The molecule has 0 aliphatic rings. The zero-order valence-corrected chi connectivity index (χ0v) is 12.3. The average Bonchev–Trinajstić information content (AvgIpc) is 2.73.